The molecule has 6 nitrogen and oxygen atoms in total. The van der Waals surface area contributed by atoms with E-state index < -0.39 is 0 Å². The minimum Gasteiger partial charge on any atom is -0.298 e. The average molecular weight is 312 g/mol. The van der Waals surface area contributed by atoms with Crippen LogP contribution in [0.15, 0.2) is 34.6 Å². The normalized spacial score (nSPS) is 13.3. The van der Waals surface area contributed by atoms with E-state index in [1.807, 2.05) is 0 Å². The number of hydrogen-bond donors (Lipinski definition) is 1. The number of carbonyl (C=O) groups is 1. The molecule has 0 saturated heterocycles. The smallest absolute Gasteiger partial charge is 0.261 e. The topological polar surface area (TPSA) is 76.9 Å². The van der Waals surface area contributed by atoms with E-state index >= 15 is 0 Å². The number of aryl methyl sites for hydroxylation is 1. The number of carbonyl (C=O) groups excluding carboxylic acids is 1. The molecule has 0 atom stereocenters. The van der Waals surface area contributed by atoms with Gasteiger partial charge in [0.1, 0.15) is 5.82 Å². The number of nitrogens with one attached hydrogen (secondary N) is 1. The summed E-state index contributed by atoms with van der Waals surface area (Å²) in [5, 5.41) is 5.62. The monoisotopic (exact) mass is 312 g/mol. The minimum atomic E-state index is -0.251. The highest BCUT2D eigenvalue weighted by atomic mass is 32.1. The van der Waals surface area contributed by atoms with E-state index in [1.54, 1.807) is 34.3 Å². The maximum atomic E-state index is 12.4. The van der Waals surface area contributed by atoms with Crippen LogP contribution < -0.4 is 10.9 Å². The Hall–Kier alpha value is -2.54. The van der Waals surface area contributed by atoms with E-state index in [0.29, 0.717) is 21.6 Å². The maximum Gasteiger partial charge on any atom is 0.261 e. The molecule has 22 heavy (non-hydrogen) atoms. The third-order valence-corrected chi connectivity index (χ3v) is 4.42. The van der Waals surface area contributed by atoms with Gasteiger partial charge in [0, 0.05) is 30.1 Å². The number of aromatic nitrogens is 3. The molecule has 1 N–H and O–H groups in total. The molecule has 0 radical (unpaired) electrons. The van der Waals surface area contributed by atoms with E-state index in [9.17, 15) is 9.59 Å². The Balaban J connectivity index is 1.76. The Morgan fingerprint density at radius 3 is 3.09 bits per heavy atom. The Morgan fingerprint density at radius 2 is 2.27 bits per heavy atom. The molecule has 3 heterocycles. The number of anilines is 1. The Labute approximate surface area is 129 Å². The Morgan fingerprint density at radius 1 is 1.36 bits per heavy atom. The first-order valence-electron chi connectivity index (χ1n) is 6.97. The SMILES string of the molecule is O=C(Nc1nccs1)c1ccc2c(=O)n3c(nc2c1)CCC3. The summed E-state index contributed by atoms with van der Waals surface area (Å²) < 4.78 is 1.72. The zero-order valence-electron chi connectivity index (χ0n) is 11.6. The molecule has 3 aromatic rings. The van der Waals surface area contributed by atoms with Crippen LogP contribution in [0.4, 0.5) is 5.13 Å². The van der Waals surface area contributed by atoms with Crippen molar-refractivity contribution in [1.82, 2.24) is 14.5 Å². The van der Waals surface area contributed by atoms with Crippen molar-refractivity contribution in [3.8, 4) is 0 Å². The molecule has 110 valence electrons. The van der Waals surface area contributed by atoms with Gasteiger partial charge in [0.25, 0.3) is 11.5 Å². The Bertz CT molecular complexity index is 931. The molecule has 7 heteroatoms. The van der Waals surface area contributed by atoms with Crippen LogP contribution in [-0.4, -0.2) is 20.4 Å². The van der Waals surface area contributed by atoms with Crippen molar-refractivity contribution in [2.45, 2.75) is 19.4 Å². The molecular formula is C15H12N4O2S. The highest BCUT2D eigenvalue weighted by molar-refractivity contribution is 7.13. The first-order chi connectivity index (χ1) is 10.7. The van der Waals surface area contributed by atoms with Crippen molar-refractivity contribution in [1.29, 1.82) is 0 Å². The minimum absolute atomic E-state index is 0.0237. The molecule has 4 rings (SSSR count). The van der Waals surface area contributed by atoms with Gasteiger partial charge < -0.3 is 0 Å². The van der Waals surface area contributed by atoms with E-state index in [0.717, 1.165) is 25.2 Å². The predicted molar refractivity (Wildman–Crippen MR) is 84.4 cm³/mol. The zero-order chi connectivity index (χ0) is 15.1. The second-order valence-corrected chi connectivity index (χ2v) is 6.01. The number of amides is 1. The standard InChI is InChI=1S/C15H12N4O2S/c20-13(18-15-16-5-7-22-15)9-3-4-10-11(8-9)17-12-2-1-6-19(12)14(10)21/h3-5,7-8H,1-2,6H2,(H,16,18,20). The fraction of sp³-hybridized carbons (Fsp3) is 0.200. The molecule has 1 amide bonds. The molecular weight excluding hydrogens is 300 g/mol. The summed E-state index contributed by atoms with van der Waals surface area (Å²) in [6.07, 6.45) is 3.38. The lowest BCUT2D eigenvalue weighted by molar-refractivity contribution is 0.102. The van der Waals surface area contributed by atoms with Gasteiger partial charge in [-0.25, -0.2) is 9.97 Å². The molecule has 0 bridgehead atoms. The lowest BCUT2D eigenvalue weighted by atomic mass is 10.1. The van der Waals surface area contributed by atoms with Crippen LogP contribution in [-0.2, 0) is 13.0 Å². The highest BCUT2D eigenvalue weighted by Gasteiger charge is 2.17. The molecule has 1 aliphatic heterocycles. The first kappa shape index (κ1) is 13.1. The van der Waals surface area contributed by atoms with Crippen molar-refractivity contribution >= 4 is 33.3 Å². The molecule has 0 unspecified atom stereocenters. The molecule has 0 spiro atoms. The summed E-state index contributed by atoms with van der Waals surface area (Å²) in [6.45, 7) is 0.726. The van der Waals surface area contributed by atoms with Crippen molar-refractivity contribution < 1.29 is 4.79 Å². The van der Waals surface area contributed by atoms with Crippen LogP contribution in [0.1, 0.15) is 22.6 Å². The third kappa shape index (κ3) is 2.10. The van der Waals surface area contributed by atoms with Crippen molar-refractivity contribution in [3.63, 3.8) is 0 Å². The number of fused-ring (bicyclic) bond motifs is 2. The number of rotatable bonds is 2. The van der Waals surface area contributed by atoms with Gasteiger partial charge in [-0.3, -0.25) is 19.5 Å². The van der Waals surface area contributed by atoms with Gasteiger partial charge in [0.15, 0.2) is 5.13 Å². The lowest BCUT2D eigenvalue weighted by Crippen LogP contribution is -2.21. The second-order valence-electron chi connectivity index (χ2n) is 5.11. The summed E-state index contributed by atoms with van der Waals surface area (Å²) in [5.74, 6) is 0.550. The zero-order valence-corrected chi connectivity index (χ0v) is 12.4. The van der Waals surface area contributed by atoms with Crippen LogP contribution in [0.2, 0.25) is 0 Å². The summed E-state index contributed by atoms with van der Waals surface area (Å²) in [4.78, 5) is 33.1. The van der Waals surface area contributed by atoms with Gasteiger partial charge >= 0.3 is 0 Å². The van der Waals surface area contributed by atoms with Crippen molar-refractivity contribution in [3.05, 3.63) is 51.5 Å². The second kappa shape index (κ2) is 5.03. The van der Waals surface area contributed by atoms with Gasteiger partial charge in [-0.05, 0) is 24.6 Å². The predicted octanol–water partition coefficient (Wildman–Crippen LogP) is 2.05. The molecule has 1 aliphatic rings. The molecule has 0 fully saturated rings. The van der Waals surface area contributed by atoms with Crippen LogP contribution in [0, 0.1) is 0 Å². The summed E-state index contributed by atoms with van der Waals surface area (Å²) >= 11 is 1.36. The highest BCUT2D eigenvalue weighted by Crippen LogP contribution is 2.17. The fourth-order valence-corrected chi connectivity index (χ4v) is 3.20. The van der Waals surface area contributed by atoms with E-state index in [1.165, 1.54) is 11.3 Å². The number of nitrogens with zero attached hydrogens (tertiary/aromatic N) is 3. The Kier molecular flexibility index (Phi) is 3.00. The number of thiazole rings is 1. The van der Waals surface area contributed by atoms with Gasteiger partial charge in [-0.15, -0.1) is 11.3 Å². The van der Waals surface area contributed by atoms with Gasteiger partial charge in [0.2, 0.25) is 0 Å². The quantitative estimate of drug-likeness (QED) is 0.785. The lowest BCUT2D eigenvalue weighted by Gasteiger charge is -2.06. The van der Waals surface area contributed by atoms with Crippen molar-refractivity contribution in [2.75, 3.05) is 5.32 Å². The van der Waals surface area contributed by atoms with E-state index in [-0.39, 0.29) is 11.5 Å². The summed E-state index contributed by atoms with van der Waals surface area (Å²) in [6, 6.07) is 4.99. The van der Waals surface area contributed by atoms with Crippen LogP contribution in [0.25, 0.3) is 10.9 Å². The maximum absolute atomic E-state index is 12.4. The summed E-state index contributed by atoms with van der Waals surface area (Å²) in [5.41, 5.74) is 1.02. The van der Waals surface area contributed by atoms with Crippen LogP contribution in [0.5, 0.6) is 0 Å². The largest absolute Gasteiger partial charge is 0.298 e. The van der Waals surface area contributed by atoms with Crippen LogP contribution in [0.3, 0.4) is 0 Å². The average Bonchev–Trinajstić information content (AvgIpc) is 3.18. The number of hydrogen-bond acceptors (Lipinski definition) is 5. The van der Waals surface area contributed by atoms with Gasteiger partial charge in [-0.2, -0.15) is 0 Å². The molecule has 1 aromatic carbocycles. The third-order valence-electron chi connectivity index (χ3n) is 3.73. The van der Waals surface area contributed by atoms with Gasteiger partial charge in [-0.1, -0.05) is 0 Å². The summed E-state index contributed by atoms with van der Waals surface area (Å²) in [7, 11) is 0. The molecule has 0 aliphatic carbocycles. The number of benzene rings is 1. The van der Waals surface area contributed by atoms with Gasteiger partial charge in [0.05, 0.1) is 10.9 Å². The first-order valence-corrected chi connectivity index (χ1v) is 7.85. The molecule has 0 saturated carbocycles. The fourth-order valence-electron chi connectivity index (χ4n) is 2.68. The molecule has 2 aromatic heterocycles. The van der Waals surface area contributed by atoms with Crippen molar-refractivity contribution in [2.24, 2.45) is 0 Å². The van der Waals surface area contributed by atoms with E-state index in [2.05, 4.69) is 15.3 Å². The van der Waals surface area contributed by atoms with Crippen LogP contribution >= 0.6 is 11.3 Å². The van der Waals surface area contributed by atoms with E-state index in [4.69, 9.17) is 0 Å².